The minimum atomic E-state index is -0.107. The normalized spacial score (nSPS) is 11.0. The molecule has 0 atom stereocenters. The van der Waals surface area contributed by atoms with Gasteiger partial charge in [0.2, 0.25) is 0 Å². The number of aromatic amines is 2. The summed E-state index contributed by atoms with van der Waals surface area (Å²) in [7, 11) is 0. The number of aromatic nitrogens is 2. The minimum absolute atomic E-state index is 0.107. The first-order valence-corrected chi connectivity index (χ1v) is 7.66. The van der Waals surface area contributed by atoms with Gasteiger partial charge in [0.05, 0.1) is 10.9 Å². The molecular weight excluding hydrogens is 308 g/mol. The SMILES string of the molecule is O=c1[nH][nH]c2c(-c3cccc(-c4ccccc4Cl)c3)cccc12. The number of fused-ring (bicyclic) bond motifs is 1. The van der Waals surface area contributed by atoms with E-state index >= 15 is 0 Å². The van der Waals surface area contributed by atoms with Crippen molar-refractivity contribution in [2.75, 3.05) is 0 Å². The second-order valence-corrected chi connectivity index (χ2v) is 5.78. The van der Waals surface area contributed by atoms with E-state index in [4.69, 9.17) is 11.6 Å². The van der Waals surface area contributed by atoms with Gasteiger partial charge in [0, 0.05) is 16.1 Å². The molecule has 0 aliphatic heterocycles. The maximum Gasteiger partial charge on any atom is 0.271 e. The Hall–Kier alpha value is -2.78. The summed E-state index contributed by atoms with van der Waals surface area (Å²) < 4.78 is 0. The molecule has 0 unspecified atom stereocenters. The van der Waals surface area contributed by atoms with Crippen molar-refractivity contribution in [2.24, 2.45) is 0 Å². The molecule has 4 aromatic rings. The Morgan fingerprint density at radius 2 is 1.43 bits per heavy atom. The number of halogens is 1. The summed E-state index contributed by atoms with van der Waals surface area (Å²) in [5.74, 6) is 0. The van der Waals surface area contributed by atoms with E-state index in [9.17, 15) is 4.79 Å². The first-order chi connectivity index (χ1) is 11.2. The average Bonchev–Trinajstić information content (AvgIpc) is 2.97. The van der Waals surface area contributed by atoms with Crippen molar-refractivity contribution in [3.63, 3.8) is 0 Å². The predicted molar refractivity (Wildman–Crippen MR) is 94.8 cm³/mol. The Morgan fingerprint density at radius 3 is 2.26 bits per heavy atom. The third kappa shape index (κ3) is 2.35. The fourth-order valence-corrected chi connectivity index (χ4v) is 3.10. The molecular formula is C19H13ClN2O. The number of para-hydroxylation sites is 1. The molecule has 112 valence electrons. The highest BCUT2D eigenvalue weighted by molar-refractivity contribution is 6.33. The quantitative estimate of drug-likeness (QED) is 0.545. The summed E-state index contributed by atoms with van der Waals surface area (Å²) in [5, 5.41) is 6.98. The molecule has 4 heteroatoms. The molecule has 0 saturated heterocycles. The number of nitrogens with one attached hydrogen (secondary N) is 2. The maximum atomic E-state index is 11.8. The van der Waals surface area contributed by atoms with Crippen LogP contribution < -0.4 is 5.56 Å². The van der Waals surface area contributed by atoms with Gasteiger partial charge in [-0.05, 0) is 29.3 Å². The number of benzene rings is 3. The van der Waals surface area contributed by atoms with Crippen LogP contribution in [0.5, 0.6) is 0 Å². The lowest BCUT2D eigenvalue weighted by Gasteiger charge is -2.08. The lowest BCUT2D eigenvalue weighted by Crippen LogP contribution is -1.96. The van der Waals surface area contributed by atoms with Gasteiger partial charge in [-0.25, -0.2) is 0 Å². The molecule has 0 saturated carbocycles. The van der Waals surface area contributed by atoms with Gasteiger partial charge < -0.3 is 0 Å². The maximum absolute atomic E-state index is 11.8. The van der Waals surface area contributed by atoms with Crippen LogP contribution in [0.4, 0.5) is 0 Å². The van der Waals surface area contributed by atoms with E-state index in [0.29, 0.717) is 5.39 Å². The van der Waals surface area contributed by atoms with Crippen molar-refractivity contribution in [3.8, 4) is 22.3 Å². The standard InChI is InChI=1S/C19H13ClN2O/c20-17-10-2-1-7-14(17)12-5-3-6-13(11-12)15-8-4-9-16-18(15)21-22-19(16)23/h1-11H,(H2,21,22,23). The number of H-pyrrole nitrogens is 2. The zero-order valence-electron chi connectivity index (χ0n) is 12.1. The summed E-state index contributed by atoms with van der Waals surface area (Å²) >= 11 is 6.30. The molecule has 1 aromatic heterocycles. The molecule has 3 aromatic carbocycles. The van der Waals surface area contributed by atoms with Crippen LogP contribution in [0.25, 0.3) is 33.2 Å². The molecule has 3 nitrogen and oxygen atoms in total. The van der Waals surface area contributed by atoms with E-state index in [0.717, 1.165) is 32.8 Å². The van der Waals surface area contributed by atoms with E-state index < -0.39 is 0 Å². The third-order valence-corrected chi connectivity index (χ3v) is 4.30. The van der Waals surface area contributed by atoms with Gasteiger partial charge in [-0.2, -0.15) is 0 Å². The second kappa shape index (κ2) is 5.45. The molecule has 0 aliphatic rings. The molecule has 0 bridgehead atoms. The van der Waals surface area contributed by atoms with Gasteiger partial charge in [0.1, 0.15) is 0 Å². The van der Waals surface area contributed by atoms with Crippen LogP contribution >= 0.6 is 11.6 Å². The molecule has 23 heavy (non-hydrogen) atoms. The Labute approximate surface area is 137 Å². The Kier molecular flexibility index (Phi) is 3.28. The van der Waals surface area contributed by atoms with Crippen LogP contribution in [-0.2, 0) is 0 Å². The monoisotopic (exact) mass is 320 g/mol. The largest absolute Gasteiger partial charge is 0.297 e. The molecule has 4 rings (SSSR count). The van der Waals surface area contributed by atoms with Crippen LogP contribution in [0, 0.1) is 0 Å². The lowest BCUT2D eigenvalue weighted by molar-refractivity contribution is 1.08. The zero-order valence-corrected chi connectivity index (χ0v) is 12.9. The average molecular weight is 321 g/mol. The van der Waals surface area contributed by atoms with Crippen molar-refractivity contribution in [2.45, 2.75) is 0 Å². The summed E-state index contributed by atoms with van der Waals surface area (Å²) in [4.78, 5) is 11.8. The highest BCUT2D eigenvalue weighted by atomic mass is 35.5. The first kappa shape index (κ1) is 13.9. The smallest absolute Gasteiger partial charge is 0.271 e. The second-order valence-electron chi connectivity index (χ2n) is 5.37. The Balaban J connectivity index is 1.92. The van der Waals surface area contributed by atoms with Crippen LogP contribution in [0.3, 0.4) is 0 Å². The molecule has 0 radical (unpaired) electrons. The highest BCUT2D eigenvalue weighted by Gasteiger charge is 2.09. The van der Waals surface area contributed by atoms with Crippen molar-refractivity contribution in [1.29, 1.82) is 0 Å². The third-order valence-electron chi connectivity index (χ3n) is 3.97. The zero-order chi connectivity index (χ0) is 15.8. The highest BCUT2D eigenvalue weighted by Crippen LogP contribution is 2.32. The fraction of sp³-hybridized carbons (Fsp3) is 0. The molecule has 0 fully saturated rings. The van der Waals surface area contributed by atoms with Gasteiger partial charge in [0.15, 0.2) is 0 Å². The molecule has 0 spiro atoms. The summed E-state index contributed by atoms with van der Waals surface area (Å²) in [6.07, 6.45) is 0. The van der Waals surface area contributed by atoms with E-state index in [-0.39, 0.29) is 5.56 Å². The van der Waals surface area contributed by atoms with Gasteiger partial charge in [-0.15, -0.1) is 0 Å². The Bertz CT molecular complexity index is 1060. The topological polar surface area (TPSA) is 48.6 Å². The van der Waals surface area contributed by atoms with Crippen molar-refractivity contribution >= 4 is 22.5 Å². The summed E-state index contributed by atoms with van der Waals surface area (Å²) in [6, 6.07) is 21.6. The van der Waals surface area contributed by atoms with E-state index in [2.05, 4.69) is 16.3 Å². The summed E-state index contributed by atoms with van der Waals surface area (Å²) in [6.45, 7) is 0. The van der Waals surface area contributed by atoms with E-state index in [1.165, 1.54) is 0 Å². The summed E-state index contributed by atoms with van der Waals surface area (Å²) in [5.41, 5.74) is 4.75. The van der Waals surface area contributed by atoms with Gasteiger partial charge in [-0.3, -0.25) is 15.0 Å². The van der Waals surface area contributed by atoms with Gasteiger partial charge in [-0.1, -0.05) is 60.1 Å². The van der Waals surface area contributed by atoms with E-state index in [1.807, 2.05) is 60.7 Å². The number of hydrogen-bond acceptors (Lipinski definition) is 1. The van der Waals surface area contributed by atoms with Gasteiger partial charge in [0.25, 0.3) is 5.56 Å². The van der Waals surface area contributed by atoms with Crippen LogP contribution in [0.2, 0.25) is 5.02 Å². The van der Waals surface area contributed by atoms with Crippen molar-refractivity contribution < 1.29 is 0 Å². The molecule has 0 amide bonds. The van der Waals surface area contributed by atoms with Crippen LogP contribution in [-0.4, -0.2) is 10.2 Å². The van der Waals surface area contributed by atoms with Gasteiger partial charge >= 0.3 is 0 Å². The lowest BCUT2D eigenvalue weighted by atomic mass is 9.98. The van der Waals surface area contributed by atoms with E-state index in [1.54, 1.807) is 0 Å². The fourth-order valence-electron chi connectivity index (χ4n) is 2.85. The molecule has 0 aliphatic carbocycles. The minimum Gasteiger partial charge on any atom is -0.297 e. The van der Waals surface area contributed by atoms with Crippen molar-refractivity contribution in [3.05, 3.63) is 82.1 Å². The molecule has 2 N–H and O–H groups in total. The number of rotatable bonds is 2. The predicted octanol–water partition coefficient (Wildman–Crippen LogP) is 4.84. The van der Waals surface area contributed by atoms with Crippen LogP contribution in [0.1, 0.15) is 0 Å². The number of hydrogen-bond donors (Lipinski definition) is 2. The van der Waals surface area contributed by atoms with Crippen molar-refractivity contribution in [1.82, 2.24) is 10.2 Å². The van der Waals surface area contributed by atoms with Crippen LogP contribution in [0.15, 0.2) is 71.5 Å². The molecule has 1 heterocycles. The Morgan fingerprint density at radius 1 is 0.739 bits per heavy atom. The first-order valence-electron chi connectivity index (χ1n) is 7.29.